The van der Waals surface area contributed by atoms with Gasteiger partial charge in [0.2, 0.25) is 5.91 Å². The zero-order valence-corrected chi connectivity index (χ0v) is 13.6. The van der Waals surface area contributed by atoms with E-state index < -0.39 is 28.4 Å². The van der Waals surface area contributed by atoms with Gasteiger partial charge < -0.3 is 10.1 Å². The zero-order valence-electron chi connectivity index (χ0n) is 13.6. The van der Waals surface area contributed by atoms with Crippen LogP contribution in [0.4, 0.5) is 17.1 Å². The smallest absolute Gasteiger partial charge is 0.338 e. The Labute approximate surface area is 147 Å². The fourth-order valence-electron chi connectivity index (χ4n) is 2.65. The Balaban J connectivity index is 2.08. The van der Waals surface area contributed by atoms with E-state index in [9.17, 15) is 24.5 Å². The summed E-state index contributed by atoms with van der Waals surface area (Å²) in [6.07, 6.45) is 0. The van der Waals surface area contributed by atoms with Gasteiger partial charge in [-0.3, -0.25) is 24.6 Å². The van der Waals surface area contributed by atoms with Crippen molar-refractivity contribution in [2.24, 2.45) is 0 Å². The molecule has 0 radical (unpaired) electrons. The highest BCUT2D eigenvalue weighted by atomic mass is 16.6. The number of amides is 2. The second-order valence-corrected chi connectivity index (χ2v) is 5.47. The number of rotatable bonds is 3. The lowest BCUT2D eigenvalue weighted by molar-refractivity contribution is -0.384. The molecule has 0 saturated carbocycles. The molecule has 3 rings (SSSR count). The van der Waals surface area contributed by atoms with E-state index in [1.54, 1.807) is 24.3 Å². The highest BCUT2D eigenvalue weighted by molar-refractivity contribution is 6.15. The third-order valence-electron chi connectivity index (χ3n) is 3.81. The van der Waals surface area contributed by atoms with E-state index >= 15 is 0 Å². The number of esters is 1. The molecule has 1 aliphatic heterocycles. The number of anilines is 2. The van der Waals surface area contributed by atoms with Crippen molar-refractivity contribution in [3.8, 4) is 0 Å². The Morgan fingerprint density at radius 2 is 1.88 bits per heavy atom. The number of non-ortho nitro benzene ring substituents is 1. The number of carbonyl (C=O) groups excluding carboxylic acids is 3. The van der Waals surface area contributed by atoms with Crippen LogP contribution < -0.4 is 10.2 Å². The Kier molecular flexibility index (Phi) is 4.36. The number of para-hydroxylation sites is 2. The maximum Gasteiger partial charge on any atom is 0.338 e. The van der Waals surface area contributed by atoms with E-state index in [0.717, 1.165) is 19.2 Å². The van der Waals surface area contributed by atoms with Gasteiger partial charge >= 0.3 is 5.97 Å². The van der Waals surface area contributed by atoms with E-state index in [2.05, 4.69) is 10.1 Å². The Hall–Kier alpha value is -3.75. The number of hydrogen-bond donors (Lipinski definition) is 1. The summed E-state index contributed by atoms with van der Waals surface area (Å²) in [6, 6.07) is 9.98. The van der Waals surface area contributed by atoms with Gasteiger partial charge in [-0.1, -0.05) is 12.1 Å². The van der Waals surface area contributed by atoms with Crippen molar-refractivity contribution in [3.63, 3.8) is 0 Å². The Morgan fingerprint density at radius 3 is 2.58 bits per heavy atom. The van der Waals surface area contributed by atoms with Crippen LogP contribution in [0, 0.1) is 10.1 Å². The van der Waals surface area contributed by atoms with Crippen molar-refractivity contribution in [1.82, 2.24) is 0 Å². The van der Waals surface area contributed by atoms with Crippen LogP contribution in [0.5, 0.6) is 0 Å². The lowest BCUT2D eigenvalue weighted by Crippen LogP contribution is -2.42. The average molecular weight is 355 g/mol. The first-order chi connectivity index (χ1) is 12.4. The van der Waals surface area contributed by atoms with Crippen molar-refractivity contribution in [2.45, 2.75) is 0 Å². The number of methoxy groups -OCH3 is 1. The molecule has 0 bridgehead atoms. The first-order valence-corrected chi connectivity index (χ1v) is 7.49. The number of ether oxygens (including phenoxy) is 1. The summed E-state index contributed by atoms with van der Waals surface area (Å²) < 4.78 is 4.57. The third-order valence-corrected chi connectivity index (χ3v) is 3.81. The molecule has 0 spiro atoms. The lowest BCUT2D eigenvalue weighted by Gasteiger charge is -2.29. The average Bonchev–Trinajstić information content (AvgIpc) is 2.65. The molecular formula is C17H13N3O6. The van der Waals surface area contributed by atoms with E-state index in [0.29, 0.717) is 11.4 Å². The van der Waals surface area contributed by atoms with Gasteiger partial charge in [-0.15, -0.1) is 0 Å². The first kappa shape index (κ1) is 17.1. The van der Waals surface area contributed by atoms with Gasteiger partial charge in [-0.2, -0.15) is 0 Å². The molecule has 0 aliphatic carbocycles. The molecule has 2 amide bonds. The van der Waals surface area contributed by atoms with Crippen molar-refractivity contribution in [2.75, 3.05) is 23.9 Å². The molecule has 0 atom stereocenters. The summed E-state index contributed by atoms with van der Waals surface area (Å²) in [5.41, 5.74) is 0.272. The molecule has 132 valence electrons. The monoisotopic (exact) mass is 355 g/mol. The molecule has 2 aromatic rings. The fraction of sp³-hybridized carbons (Fsp3) is 0.118. The van der Waals surface area contributed by atoms with Gasteiger partial charge in [0, 0.05) is 17.7 Å². The summed E-state index contributed by atoms with van der Waals surface area (Å²) in [6.45, 7) is -0.244. The number of hydrogen-bond acceptors (Lipinski definition) is 6. The largest absolute Gasteiger partial charge is 0.465 e. The summed E-state index contributed by atoms with van der Waals surface area (Å²) in [7, 11) is 1.13. The molecule has 9 nitrogen and oxygen atoms in total. The number of fused-ring (bicyclic) bond motifs is 1. The van der Waals surface area contributed by atoms with Gasteiger partial charge in [0.15, 0.2) is 0 Å². The second kappa shape index (κ2) is 6.63. The second-order valence-electron chi connectivity index (χ2n) is 5.47. The number of benzene rings is 2. The molecular weight excluding hydrogens is 342 g/mol. The van der Waals surface area contributed by atoms with Crippen molar-refractivity contribution in [3.05, 3.63) is 63.7 Å². The minimum absolute atomic E-state index is 0.0934. The van der Waals surface area contributed by atoms with E-state index in [4.69, 9.17) is 0 Å². The molecule has 0 aromatic heterocycles. The van der Waals surface area contributed by atoms with E-state index in [1.165, 1.54) is 11.0 Å². The standard InChI is InChI=1S/C17H13N3O6/c1-26-17(23)11-6-10(7-12(8-11)20(24)25)16(22)19-9-15(21)18-13-4-2-3-5-14(13)19/h2-8H,9H2,1H3,(H,18,21). The van der Waals surface area contributed by atoms with Crippen LogP contribution in [0.25, 0.3) is 0 Å². The number of nitrogens with one attached hydrogen (secondary N) is 1. The van der Waals surface area contributed by atoms with Crippen LogP contribution in [0.15, 0.2) is 42.5 Å². The van der Waals surface area contributed by atoms with Gasteiger partial charge in [0.25, 0.3) is 11.6 Å². The highest BCUT2D eigenvalue weighted by Gasteiger charge is 2.29. The topological polar surface area (TPSA) is 119 Å². The van der Waals surface area contributed by atoms with Crippen LogP contribution >= 0.6 is 0 Å². The van der Waals surface area contributed by atoms with Gasteiger partial charge in [-0.05, 0) is 18.2 Å². The van der Waals surface area contributed by atoms with Crippen molar-refractivity contribution in [1.29, 1.82) is 0 Å². The summed E-state index contributed by atoms with van der Waals surface area (Å²) in [4.78, 5) is 48.2. The van der Waals surface area contributed by atoms with Gasteiger partial charge in [0.05, 0.1) is 29.0 Å². The molecule has 9 heteroatoms. The maximum absolute atomic E-state index is 12.9. The molecule has 0 unspecified atom stereocenters. The minimum atomic E-state index is -0.806. The third kappa shape index (κ3) is 3.09. The highest BCUT2D eigenvalue weighted by Crippen LogP contribution is 2.30. The number of nitro benzene ring substituents is 1. The quantitative estimate of drug-likeness (QED) is 0.511. The predicted molar refractivity (Wildman–Crippen MR) is 91.2 cm³/mol. The summed E-state index contributed by atoms with van der Waals surface area (Å²) in [5, 5.41) is 13.8. The van der Waals surface area contributed by atoms with E-state index in [1.807, 2.05) is 0 Å². The van der Waals surface area contributed by atoms with Crippen LogP contribution in [-0.4, -0.2) is 36.4 Å². The summed E-state index contributed by atoms with van der Waals surface area (Å²) in [5.74, 6) is -1.84. The van der Waals surface area contributed by atoms with Crippen LogP contribution in [0.3, 0.4) is 0 Å². The van der Waals surface area contributed by atoms with Gasteiger partial charge in [-0.25, -0.2) is 4.79 Å². The molecule has 0 saturated heterocycles. The maximum atomic E-state index is 12.9. The SMILES string of the molecule is COC(=O)c1cc(C(=O)N2CC(=O)Nc3ccccc32)cc([N+](=O)[O-])c1. The number of carbonyl (C=O) groups is 3. The van der Waals surface area contributed by atoms with Crippen molar-refractivity contribution < 1.29 is 24.0 Å². The number of nitro groups is 1. The molecule has 1 aliphatic rings. The Morgan fingerprint density at radius 1 is 1.19 bits per heavy atom. The molecule has 0 fully saturated rings. The van der Waals surface area contributed by atoms with E-state index in [-0.39, 0.29) is 17.7 Å². The molecule has 1 N–H and O–H groups in total. The van der Waals surface area contributed by atoms with Crippen LogP contribution in [-0.2, 0) is 9.53 Å². The number of nitrogens with zero attached hydrogens (tertiary/aromatic N) is 2. The lowest BCUT2D eigenvalue weighted by atomic mass is 10.1. The Bertz CT molecular complexity index is 940. The first-order valence-electron chi connectivity index (χ1n) is 7.49. The normalized spacial score (nSPS) is 12.8. The van der Waals surface area contributed by atoms with Crippen LogP contribution in [0.2, 0.25) is 0 Å². The molecule has 26 heavy (non-hydrogen) atoms. The fourth-order valence-corrected chi connectivity index (χ4v) is 2.65. The van der Waals surface area contributed by atoms with Crippen LogP contribution in [0.1, 0.15) is 20.7 Å². The predicted octanol–water partition coefficient (Wildman–Crippen LogP) is 1.98. The minimum Gasteiger partial charge on any atom is -0.465 e. The molecule has 2 aromatic carbocycles. The summed E-state index contributed by atoms with van der Waals surface area (Å²) >= 11 is 0. The molecule has 1 heterocycles. The van der Waals surface area contributed by atoms with Crippen molar-refractivity contribution >= 4 is 34.8 Å². The van der Waals surface area contributed by atoms with Gasteiger partial charge in [0.1, 0.15) is 6.54 Å². The zero-order chi connectivity index (χ0) is 18.8.